The van der Waals surface area contributed by atoms with Crippen LogP contribution in [0.15, 0.2) is 146 Å². The first kappa shape index (κ1) is 106. The van der Waals surface area contributed by atoms with Crippen molar-refractivity contribution < 1.29 is 172 Å². The Hall–Kier alpha value is -8.02. The third-order valence-corrected chi connectivity index (χ3v) is 20.0. The molecule has 6 aromatic rings. The number of carbonyl (C=O) groups is 4. The minimum atomic E-state index is -5.02. The molecule has 4 aliphatic rings. The summed E-state index contributed by atoms with van der Waals surface area (Å²) in [7, 11) is 1.75. The number of aliphatic carboxylic acids is 1. The monoisotopic (exact) mass is 1740 g/mol. The molecule has 120 heavy (non-hydrogen) atoms. The summed E-state index contributed by atoms with van der Waals surface area (Å²) in [5.74, 6) is -2.07. The first-order valence-corrected chi connectivity index (χ1v) is 36.7. The van der Waals surface area contributed by atoms with Crippen molar-refractivity contribution in [2.45, 2.75) is 178 Å². The van der Waals surface area contributed by atoms with Gasteiger partial charge in [-0.15, -0.1) is 0 Å². The van der Waals surface area contributed by atoms with Crippen molar-refractivity contribution in [2.75, 3.05) is 86.5 Å². The zero-order chi connectivity index (χ0) is 88.7. The molecular formula is C81H97F18N6NaO14. The topological polar surface area (TPSA) is 269 Å². The number of piperazine rings is 1. The van der Waals surface area contributed by atoms with Crippen LogP contribution in [0.2, 0.25) is 0 Å². The SMILES string of the molecule is C.CC(=O)O.CCOC(=O)CN1C[C@H](N)CC[C@@]1(CO[C@H](C)c1cc(C(F)(F)F)cc(C(F)(F)F)c1)c1ccccc1.CCOC(=O)CN1C[C@H]([N+](=O)[O-])CC[C@@]1(CO[C@H](C)c1cc(C(F)(F)F)cc(C(F)(F)F)c1)c1ccccc1.CO.C[C@@H](OC[C@@]1(c2ccccc2)CC[C@@H]2CN1CC(=O)N2)c1cc(C(F)(F)F)cc(C(F)(F)F)c1.C[O-].[Na+]. The molecule has 662 valence electrons. The molecule has 1 unspecified atom stereocenters. The van der Waals surface area contributed by atoms with Crippen LogP contribution < -0.4 is 45.7 Å². The number of ether oxygens (including phenoxy) is 5. The van der Waals surface area contributed by atoms with Crippen LogP contribution in [0.4, 0.5) is 79.0 Å². The average Bonchev–Trinajstić information content (AvgIpc) is 0.739. The van der Waals surface area contributed by atoms with Gasteiger partial charge in [-0.05, 0) is 155 Å². The summed E-state index contributed by atoms with van der Waals surface area (Å²) in [4.78, 5) is 62.6. The van der Waals surface area contributed by atoms with Crippen molar-refractivity contribution in [3.05, 3.63) is 222 Å². The van der Waals surface area contributed by atoms with Crippen molar-refractivity contribution in [1.82, 2.24) is 20.0 Å². The van der Waals surface area contributed by atoms with Gasteiger partial charge < -0.3 is 50.1 Å². The Morgan fingerprint density at radius 3 is 1.09 bits per heavy atom. The van der Waals surface area contributed by atoms with Crippen LogP contribution in [0, 0.1) is 10.1 Å². The number of aliphatic hydroxyl groups is 1. The molecule has 0 radical (unpaired) electrons. The number of nitrogens with two attached hydrogens (primary N) is 1. The van der Waals surface area contributed by atoms with Gasteiger partial charge in [-0.2, -0.15) is 86.1 Å². The Morgan fingerprint density at radius 2 is 0.792 bits per heavy atom. The smallest absolute Gasteiger partial charge is 0.857 e. The molecule has 0 aliphatic carbocycles. The number of hydrogen-bond donors (Lipinski definition) is 4. The summed E-state index contributed by atoms with van der Waals surface area (Å²) in [6.07, 6.45) is -30.6. The van der Waals surface area contributed by atoms with E-state index >= 15 is 0 Å². The van der Waals surface area contributed by atoms with Gasteiger partial charge in [-0.25, -0.2) is 0 Å². The van der Waals surface area contributed by atoms with Gasteiger partial charge in [0.25, 0.3) is 5.97 Å². The Labute approximate surface area is 704 Å². The Bertz CT molecular complexity index is 4110. The number of carbonyl (C=O) groups excluding carboxylic acids is 3. The maximum absolute atomic E-state index is 13.4. The molecule has 2 bridgehead atoms. The fourth-order valence-corrected chi connectivity index (χ4v) is 14.1. The first-order valence-electron chi connectivity index (χ1n) is 36.7. The number of esters is 2. The number of nitro groups is 1. The molecule has 10 atom stereocenters. The van der Waals surface area contributed by atoms with Gasteiger partial charge in [0.1, 0.15) is 0 Å². The number of hydrogen-bond acceptors (Lipinski definition) is 17. The van der Waals surface area contributed by atoms with Crippen molar-refractivity contribution in [2.24, 2.45) is 5.73 Å². The van der Waals surface area contributed by atoms with E-state index in [0.717, 1.165) is 32.3 Å². The van der Waals surface area contributed by atoms with Crippen LogP contribution in [0.25, 0.3) is 0 Å². The Morgan fingerprint density at radius 1 is 0.508 bits per heavy atom. The van der Waals surface area contributed by atoms with Gasteiger partial charge in [-0.1, -0.05) is 98.4 Å². The quantitative estimate of drug-likeness (QED) is 0.0162. The van der Waals surface area contributed by atoms with E-state index in [0.29, 0.717) is 80.7 Å². The van der Waals surface area contributed by atoms with Crippen LogP contribution >= 0.6 is 0 Å². The fourth-order valence-electron chi connectivity index (χ4n) is 14.1. The van der Waals surface area contributed by atoms with Crippen molar-refractivity contribution in [3.8, 4) is 0 Å². The van der Waals surface area contributed by atoms with Gasteiger partial charge in [0.2, 0.25) is 11.9 Å². The first-order chi connectivity index (χ1) is 55.0. The average molecular weight is 1740 g/mol. The molecule has 0 saturated carbocycles. The van der Waals surface area contributed by atoms with Crippen LogP contribution in [0.1, 0.15) is 173 Å². The number of likely N-dealkylation sites (tertiary alicyclic amines) is 2. The van der Waals surface area contributed by atoms with E-state index in [9.17, 15) is 104 Å². The molecule has 20 nitrogen and oxygen atoms in total. The number of carboxylic acid groups (broad SMARTS) is 1. The molecule has 5 N–H and O–H groups in total. The Kier molecular flexibility index (Phi) is 40.6. The molecule has 10 rings (SSSR count). The number of fused-ring (bicyclic) bond motifs is 2. The van der Waals surface area contributed by atoms with Crippen molar-refractivity contribution >= 4 is 23.8 Å². The van der Waals surface area contributed by atoms with E-state index in [2.05, 4.69) is 5.32 Å². The number of halogens is 18. The van der Waals surface area contributed by atoms with Gasteiger partial charge in [0.15, 0.2) is 0 Å². The van der Waals surface area contributed by atoms with Gasteiger partial charge in [0, 0.05) is 50.6 Å². The number of carboxylic acids is 1. The third kappa shape index (κ3) is 29.6. The molecular weight excluding hydrogens is 1650 g/mol. The molecule has 0 aromatic heterocycles. The van der Waals surface area contributed by atoms with Crippen LogP contribution in [-0.4, -0.2) is 158 Å². The second-order valence-electron chi connectivity index (χ2n) is 27.9. The number of benzene rings is 6. The number of rotatable bonds is 22. The van der Waals surface area contributed by atoms with E-state index in [4.69, 9.17) is 49.5 Å². The summed E-state index contributed by atoms with van der Waals surface area (Å²) in [6, 6.07) is 30.0. The van der Waals surface area contributed by atoms with E-state index in [1.54, 1.807) is 61.2 Å². The normalized spacial score (nSPS) is 21.5. The molecule has 4 fully saturated rings. The zero-order valence-corrected chi connectivity index (χ0v) is 68.3. The number of amides is 1. The van der Waals surface area contributed by atoms with E-state index in [-0.39, 0.29) is 162 Å². The van der Waals surface area contributed by atoms with Crippen molar-refractivity contribution in [1.29, 1.82) is 0 Å². The van der Waals surface area contributed by atoms with E-state index in [1.165, 1.54) is 20.8 Å². The molecule has 39 heteroatoms. The number of nitrogens with one attached hydrogen (secondary N) is 1. The second kappa shape index (κ2) is 45.9. The predicted octanol–water partition coefficient (Wildman–Crippen LogP) is 13.3. The molecule has 0 spiro atoms. The number of piperidine rings is 3. The summed E-state index contributed by atoms with van der Waals surface area (Å²) in [5, 5.41) is 37.2. The molecule has 6 aromatic carbocycles. The summed E-state index contributed by atoms with van der Waals surface area (Å²) in [6.45, 7) is 8.91. The van der Waals surface area contributed by atoms with Crippen molar-refractivity contribution in [3.63, 3.8) is 0 Å². The number of aliphatic hydroxyl groups excluding tert-OH is 1. The summed E-state index contributed by atoms with van der Waals surface area (Å²) < 4.78 is 268. The van der Waals surface area contributed by atoms with Gasteiger partial charge >= 0.3 is 78.6 Å². The Balaban J connectivity index is 0.000000442. The number of alkyl halides is 18. The third-order valence-electron chi connectivity index (χ3n) is 20.0. The van der Waals surface area contributed by atoms with E-state index < -0.39 is 134 Å². The largest absolute Gasteiger partial charge is 1.00 e. The maximum Gasteiger partial charge on any atom is 1.00 e. The molecule has 1 amide bonds. The standard InChI is InChI=1S/C26H28F6N2O5.C26H30F6N2O3.C24H24F6N2O2.C2H4O2.CH4O.CH3O.CH4.Na/c1-3-38-23(35)15-33-14-22(34(36)37)9-10-24(33,19-7-5-4-6-8-19)16-39-17(2)18-11-20(25(27,28)29)13-21(12-18)26(30,31)32;1-3-36-23(35)15-34-14-22(33)9-10-24(34,19-7-5-4-6-8-19)16-37-17(2)18-11-20(25(27,28)29)13-21(12-18)26(30,31)32;1-15(16-9-18(23(25,26)27)11-19(10-16)24(28,29)30)34-14-22(17-5-3-2-4-6-17)8-7-20-12-32(22)13-21(33)31-20;1-2(3)4;2*1-2;;/h4-8,11-13,17,22H,3,9-10,14-16H2,1-2H3;4-8,11-13,17,22H,3,9-10,14-16,33H2,1-2H3;2-6,9-11,15,20H,7-8,12-14H2,1H3,(H,31,33);1H3,(H,3,4);2H,1H3;1H3;1H4;/q;;;;;-1;;+1/t2*17-,22-,24-;15-,20-,22-;;;;;/m111...../s1. The fraction of sp³-hybridized carbons (Fsp3) is 0.506. The zero-order valence-electron chi connectivity index (χ0n) is 66.3. The maximum atomic E-state index is 13.4. The number of nitrogens with zero attached hydrogens (tertiary/aromatic N) is 4. The predicted molar refractivity (Wildman–Crippen MR) is 397 cm³/mol. The summed E-state index contributed by atoms with van der Waals surface area (Å²) in [5.41, 5.74) is -3.55. The van der Waals surface area contributed by atoms with Gasteiger partial charge in [0.05, 0.1) is 128 Å². The van der Waals surface area contributed by atoms with E-state index in [1.807, 2.05) is 58.3 Å². The molecule has 4 heterocycles. The minimum Gasteiger partial charge on any atom is -0.857 e. The van der Waals surface area contributed by atoms with Crippen LogP contribution in [0.3, 0.4) is 0 Å². The summed E-state index contributed by atoms with van der Waals surface area (Å²) >= 11 is 0. The van der Waals surface area contributed by atoms with Crippen LogP contribution in [0.5, 0.6) is 0 Å². The second-order valence-corrected chi connectivity index (χ2v) is 27.9. The minimum absolute atomic E-state index is 0. The molecule has 4 saturated heterocycles. The van der Waals surface area contributed by atoms with Crippen LogP contribution in [-0.2, 0) is 96.5 Å². The molecule has 4 aliphatic heterocycles. The van der Waals surface area contributed by atoms with Gasteiger partial charge in [-0.3, -0.25) is 44.0 Å².